The average Bonchev–Trinajstić information content (AvgIpc) is 2.93. The Bertz CT molecular complexity index is 663. The summed E-state index contributed by atoms with van der Waals surface area (Å²) in [5.41, 5.74) is 2.41. The van der Waals surface area contributed by atoms with Crippen molar-refractivity contribution in [2.45, 2.75) is 64.4 Å². The number of unbranched alkanes of at least 4 members (excludes halogenated alkanes) is 3. The maximum absolute atomic E-state index is 12.1. The molecule has 2 rings (SSSR count). The van der Waals surface area contributed by atoms with Crippen LogP contribution in [0.3, 0.4) is 0 Å². The van der Waals surface area contributed by atoms with Crippen LogP contribution in [0.25, 0.3) is 5.57 Å². The van der Waals surface area contributed by atoms with E-state index in [4.69, 9.17) is 0 Å². The van der Waals surface area contributed by atoms with Crippen LogP contribution in [0.2, 0.25) is 0 Å². The molecule has 145 valence electrons. The van der Waals surface area contributed by atoms with Crippen molar-refractivity contribution in [1.29, 1.82) is 0 Å². The second-order valence-electron chi connectivity index (χ2n) is 7.07. The largest absolute Gasteiger partial charge is 0.504 e. The Morgan fingerprint density at radius 1 is 1.30 bits per heavy atom. The Hall–Kier alpha value is -0.766. The quantitative estimate of drug-likeness (QED) is 0.276. The molecule has 0 fully saturated rings. The fraction of sp³-hybridized carbons (Fsp3) is 0.478. The van der Waals surface area contributed by atoms with Gasteiger partial charge in [0.25, 0.3) is 0 Å². The van der Waals surface area contributed by atoms with E-state index in [1.54, 1.807) is 0 Å². The molecule has 0 saturated heterocycles. The van der Waals surface area contributed by atoms with Gasteiger partial charge < -0.3 is 17.1 Å². The number of aliphatic hydroxyl groups is 2. The predicted octanol–water partition coefficient (Wildman–Crippen LogP) is 5.72. The van der Waals surface area contributed by atoms with Gasteiger partial charge in [-0.2, -0.15) is 6.42 Å². The number of carbonyl (C=O) groups excluding carboxylic acids is 1. The van der Waals surface area contributed by atoms with Crippen molar-refractivity contribution >= 4 is 11.4 Å². The molecule has 2 N–H and O–H groups in total. The van der Waals surface area contributed by atoms with Crippen molar-refractivity contribution in [2.75, 3.05) is 0 Å². The van der Waals surface area contributed by atoms with E-state index in [0.29, 0.717) is 6.42 Å². The van der Waals surface area contributed by atoms with Crippen LogP contribution < -0.4 is 0 Å². The number of hydrogen-bond donors (Lipinski definition) is 2. The summed E-state index contributed by atoms with van der Waals surface area (Å²) >= 11 is 0. The van der Waals surface area contributed by atoms with E-state index in [1.165, 1.54) is 0 Å². The number of allylic oxidation sites excluding steroid dienone is 4. The Kier molecular flexibility index (Phi) is 11.4. The standard InChI is InChI=1S/C23H31O3.Y/c1-3-5-7-9-11-19-16-21(25)23(26)22(19)18-13-10-12-17(15-18)20(24)14-8-6-4-2;/h7,9-10,12-13,15,19-20,24,26H,1,3-6,8,11,14,16H2,2H3;/q-1;/b9-7-;/t19-,20?;/m0./s1. The zero-order valence-electron chi connectivity index (χ0n) is 16.4. The molecule has 0 spiro atoms. The van der Waals surface area contributed by atoms with Crippen LogP contribution in [-0.4, -0.2) is 16.0 Å². The molecular weight excluding hydrogens is 413 g/mol. The minimum atomic E-state index is -0.503. The molecule has 0 saturated carbocycles. The van der Waals surface area contributed by atoms with Gasteiger partial charge in [0, 0.05) is 44.7 Å². The molecule has 1 aliphatic rings. The van der Waals surface area contributed by atoms with E-state index >= 15 is 0 Å². The SMILES string of the molecule is [CH2-]CC/C=C\C[C@H]1CC(=O)C(O)=C1c1cccc(C(O)CCCCC)c1.[Y]. The first-order valence-electron chi connectivity index (χ1n) is 9.77. The summed E-state index contributed by atoms with van der Waals surface area (Å²) in [6.07, 6.45) is 10.5. The molecule has 0 aromatic heterocycles. The second-order valence-corrected chi connectivity index (χ2v) is 7.07. The van der Waals surface area contributed by atoms with Gasteiger partial charge >= 0.3 is 0 Å². The molecular formula is C23H31O3Y-. The Labute approximate surface area is 188 Å². The van der Waals surface area contributed by atoms with E-state index in [1.807, 2.05) is 24.3 Å². The fourth-order valence-electron chi connectivity index (χ4n) is 3.50. The molecule has 1 unspecified atom stereocenters. The molecule has 0 bridgehead atoms. The third-order valence-corrected chi connectivity index (χ3v) is 4.98. The van der Waals surface area contributed by atoms with E-state index in [9.17, 15) is 15.0 Å². The van der Waals surface area contributed by atoms with Crippen molar-refractivity contribution in [3.05, 3.63) is 60.2 Å². The Balaban J connectivity index is 0.00000364. The molecule has 1 aromatic carbocycles. The van der Waals surface area contributed by atoms with E-state index in [-0.39, 0.29) is 50.2 Å². The molecule has 1 aliphatic carbocycles. The summed E-state index contributed by atoms with van der Waals surface area (Å²) in [6.45, 7) is 5.96. The van der Waals surface area contributed by atoms with Crippen LogP contribution >= 0.6 is 0 Å². The molecule has 0 heterocycles. The van der Waals surface area contributed by atoms with Crippen molar-refractivity contribution in [1.82, 2.24) is 0 Å². The fourth-order valence-corrected chi connectivity index (χ4v) is 3.50. The van der Waals surface area contributed by atoms with Crippen molar-refractivity contribution < 1.29 is 47.7 Å². The summed E-state index contributed by atoms with van der Waals surface area (Å²) in [7, 11) is 0. The van der Waals surface area contributed by atoms with Gasteiger partial charge in [-0.3, -0.25) is 4.79 Å². The third kappa shape index (κ3) is 6.96. The van der Waals surface area contributed by atoms with Gasteiger partial charge in [-0.05, 0) is 36.0 Å². The normalized spacial score (nSPS) is 18.2. The zero-order valence-corrected chi connectivity index (χ0v) is 19.2. The zero-order chi connectivity index (χ0) is 18.9. The van der Waals surface area contributed by atoms with Crippen LogP contribution in [0.5, 0.6) is 0 Å². The topological polar surface area (TPSA) is 57.5 Å². The smallest absolute Gasteiger partial charge is 0.198 e. The molecule has 0 amide bonds. The number of rotatable bonds is 10. The number of aliphatic hydroxyl groups excluding tert-OH is 2. The summed E-state index contributed by atoms with van der Waals surface area (Å²) in [5, 5.41) is 20.8. The summed E-state index contributed by atoms with van der Waals surface area (Å²) < 4.78 is 0. The molecule has 4 heteroatoms. The second kappa shape index (κ2) is 12.6. The van der Waals surface area contributed by atoms with Crippen LogP contribution in [0, 0.1) is 12.8 Å². The molecule has 1 radical (unpaired) electrons. The maximum Gasteiger partial charge on any atom is 0.198 e. The first-order chi connectivity index (χ1) is 12.6. The molecule has 3 nitrogen and oxygen atoms in total. The van der Waals surface area contributed by atoms with E-state index in [0.717, 1.165) is 61.6 Å². The van der Waals surface area contributed by atoms with Crippen LogP contribution in [0.15, 0.2) is 42.2 Å². The monoisotopic (exact) mass is 444 g/mol. The van der Waals surface area contributed by atoms with Gasteiger partial charge in [0.05, 0.1) is 6.10 Å². The van der Waals surface area contributed by atoms with E-state index < -0.39 is 6.10 Å². The average molecular weight is 444 g/mol. The van der Waals surface area contributed by atoms with Gasteiger partial charge in [0.1, 0.15) is 0 Å². The minimum Gasteiger partial charge on any atom is -0.504 e. The summed E-state index contributed by atoms with van der Waals surface area (Å²) in [4.78, 5) is 12.1. The molecule has 1 aromatic rings. The van der Waals surface area contributed by atoms with Crippen molar-refractivity contribution in [3.63, 3.8) is 0 Å². The maximum atomic E-state index is 12.1. The summed E-state index contributed by atoms with van der Waals surface area (Å²) in [5.74, 6) is -0.307. The Morgan fingerprint density at radius 3 is 2.78 bits per heavy atom. The minimum absolute atomic E-state index is 0. The van der Waals surface area contributed by atoms with Crippen LogP contribution in [-0.2, 0) is 37.5 Å². The first kappa shape index (κ1) is 24.3. The van der Waals surface area contributed by atoms with Crippen molar-refractivity contribution in [3.8, 4) is 0 Å². The van der Waals surface area contributed by atoms with E-state index in [2.05, 4.69) is 26.0 Å². The van der Waals surface area contributed by atoms with Gasteiger partial charge in [-0.1, -0.05) is 63.0 Å². The van der Waals surface area contributed by atoms with Crippen LogP contribution in [0.4, 0.5) is 0 Å². The predicted molar refractivity (Wildman–Crippen MR) is 107 cm³/mol. The number of benzene rings is 1. The summed E-state index contributed by atoms with van der Waals surface area (Å²) in [6, 6.07) is 7.65. The molecule has 27 heavy (non-hydrogen) atoms. The number of Topliss-reactive ketones (excluding diaryl/α,β-unsaturated/α-hetero) is 1. The van der Waals surface area contributed by atoms with Gasteiger partial charge in [-0.15, -0.1) is 0 Å². The third-order valence-electron chi connectivity index (χ3n) is 4.98. The van der Waals surface area contributed by atoms with Gasteiger partial charge in [-0.25, -0.2) is 0 Å². The number of ketones is 1. The van der Waals surface area contributed by atoms with Gasteiger partial charge in [0.2, 0.25) is 0 Å². The number of carbonyl (C=O) groups is 1. The number of hydrogen-bond acceptors (Lipinski definition) is 3. The van der Waals surface area contributed by atoms with Crippen LogP contribution in [0.1, 0.15) is 75.5 Å². The molecule has 0 aliphatic heterocycles. The molecule has 2 atom stereocenters. The first-order valence-corrected chi connectivity index (χ1v) is 9.77. The van der Waals surface area contributed by atoms with Crippen molar-refractivity contribution in [2.24, 2.45) is 5.92 Å². The van der Waals surface area contributed by atoms with Gasteiger partial charge in [0.15, 0.2) is 11.5 Å². The Morgan fingerprint density at radius 2 is 2.07 bits per heavy atom.